The molecule has 41 heavy (non-hydrogen) atoms. The first-order valence-electron chi connectivity index (χ1n) is 13.8. The Morgan fingerprint density at radius 3 is 1.85 bits per heavy atom. The van der Waals surface area contributed by atoms with Crippen molar-refractivity contribution in [3.8, 4) is 11.5 Å². The van der Waals surface area contributed by atoms with Gasteiger partial charge in [0.15, 0.2) is 0 Å². The van der Waals surface area contributed by atoms with Gasteiger partial charge in [-0.05, 0) is 53.8 Å². The van der Waals surface area contributed by atoms with E-state index in [-0.39, 0.29) is 6.61 Å². The van der Waals surface area contributed by atoms with Crippen LogP contribution < -0.4 is 9.47 Å². The van der Waals surface area contributed by atoms with Crippen molar-refractivity contribution >= 4 is 27.7 Å². The van der Waals surface area contributed by atoms with Gasteiger partial charge in [-0.2, -0.15) is 0 Å². The van der Waals surface area contributed by atoms with E-state index in [1.807, 2.05) is 64.1 Å². The van der Waals surface area contributed by atoms with E-state index in [1.54, 1.807) is 14.2 Å². The number of unbranched alkanes of at least 4 members (excludes halogenated alkanes) is 3. The van der Waals surface area contributed by atoms with Crippen LogP contribution in [0.15, 0.2) is 91.5 Å². The second-order valence-corrected chi connectivity index (χ2v) is 11.8. The molecule has 0 aliphatic carbocycles. The lowest BCUT2D eigenvalue weighted by Gasteiger charge is -2.36. The molecule has 6 nitrogen and oxygen atoms in total. The highest BCUT2D eigenvalue weighted by atomic mass is 33.1. The average Bonchev–Trinajstić information content (AvgIpc) is 3.03. The molecule has 3 aromatic carbocycles. The van der Waals surface area contributed by atoms with E-state index < -0.39 is 11.8 Å². The normalized spacial score (nSPS) is 11.1. The van der Waals surface area contributed by atoms with Gasteiger partial charge in [0.25, 0.3) is 0 Å². The van der Waals surface area contributed by atoms with Crippen molar-refractivity contribution < 1.29 is 28.5 Å². The summed E-state index contributed by atoms with van der Waals surface area (Å²) in [4.78, 5) is 11.3. The van der Waals surface area contributed by atoms with Gasteiger partial charge in [-0.1, -0.05) is 102 Å². The molecule has 3 aromatic rings. The van der Waals surface area contributed by atoms with Gasteiger partial charge in [-0.15, -0.1) is 0 Å². The smallest absolute Gasteiger partial charge is 0.497 e. The van der Waals surface area contributed by atoms with Gasteiger partial charge in [0, 0.05) is 11.5 Å². The number of ether oxygens (including phenoxy) is 5. The van der Waals surface area contributed by atoms with Crippen molar-refractivity contribution in [2.24, 2.45) is 0 Å². The van der Waals surface area contributed by atoms with Gasteiger partial charge in [-0.25, -0.2) is 4.79 Å². The van der Waals surface area contributed by atoms with Crippen LogP contribution in [0.25, 0.3) is 0 Å². The second kappa shape index (κ2) is 18.4. The van der Waals surface area contributed by atoms with Crippen molar-refractivity contribution in [3.63, 3.8) is 0 Å². The standard InChI is InChI=1S/C33H40O6S2/c1-4-22-37-32(34)38-23-10-5-6-11-25-40-41-26-24-39-33(27-12-8-7-9-13-27,28-14-18-30(35-2)19-15-28)29-16-20-31(36-3)21-17-29/h4,7-9,12-21H,1,5-6,10-11,22-26H2,2-3H3. The Kier molecular flexibility index (Phi) is 14.5. The van der Waals surface area contributed by atoms with Crippen molar-refractivity contribution in [2.45, 2.75) is 31.3 Å². The summed E-state index contributed by atoms with van der Waals surface area (Å²) in [5, 5.41) is 0. The molecule has 0 N–H and O–H groups in total. The molecular formula is C33H40O6S2. The minimum absolute atomic E-state index is 0.176. The molecule has 0 aromatic heterocycles. The fourth-order valence-electron chi connectivity index (χ4n) is 4.36. The fraction of sp³-hybridized carbons (Fsp3) is 0.364. The molecule has 3 rings (SSSR count). The summed E-state index contributed by atoms with van der Waals surface area (Å²) in [7, 11) is 7.04. The first-order valence-corrected chi connectivity index (χ1v) is 16.3. The van der Waals surface area contributed by atoms with Gasteiger partial charge in [0.05, 0.1) is 27.4 Å². The third-order valence-electron chi connectivity index (χ3n) is 6.40. The maximum absolute atomic E-state index is 11.3. The van der Waals surface area contributed by atoms with E-state index in [0.29, 0.717) is 13.2 Å². The van der Waals surface area contributed by atoms with E-state index in [0.717, 1.165) is 65.4 Å². The molecule has 0 bridgehead atoms. The van der Waals surface area contributed by atoms with Crippen LogP contribution in [-0.2, 0) is 19.8 Å². The molecule has 0 atom stereocenters. The predicted molar refractivity (Wildman–Crippen MR) is 169 cm³/mol. The average molecular weight is 597 g/mol. The van der Waals surface area contributed by atoms with Crippen LogP contribution >= 0.6 is 21.6 Å². The summed E-state index contributed by atoms with van der Waals surface area (Å²) in [6.07, 6.45) is 4.96. The summed E-state index contributed by atoms with van der Waals surface area (Å²) in [6.45, 7) is 4.64. The second-order valence-electron chi connectivity index (χ2n) is 9.11. The zero-order chi connectivity index (χ0) is 29.2. The van der Waals surface area contributed by atoms with Crippen molar-refractivity contribution in [1.29, 1.82) is 0 Å². The number of rotatable bonds is 19. The van der Waals surface area contributed by atoms with Gasteiger partial charge in [0.1, 0.15) is 23.7 Å². The lowest BCUT2D eigenvalue weighted by Crippen LogP contribution is -2.33. The number of methoxy groups -OCH3 is 2. The Hall–Kier alpha value is -3.07. The Balaban J connectivity index is 1.55. The highest BCUT2D eigenvalue weighted by molar-refractivity contribution is 8.76. The summed E-state index contributed by atoms with van der Waals surface area (Å²) >= 11 is 0. The van der Waals surface area contributed by atoms with Crippen LogP contribution in [0.3, 0.4) is 0 Å². The molecular weight excluding hydrogens is 556 g/mol. The maximum Gasteiger partial charge on any atom is 0.508 e. The maximum atomic E-state index is 11.3. The molecule has 0 spiro atoms. The lowest BCUT2D eigenvalue weighted by atomic mass is 9.80. The number of hydrogen-bond donors (Lipinski definition) is 0. The quantitative estimate of drug-likeness (QED) is 0.0450. The van der Waals surface area contributed by atoms with E-state index in [1.165, 1.54) is 6.08 Å². The SMILES string of the molecule is C=CCOC(=O)OCCCCCCSSCCOC(c1ccccc1)(c1ccc(OC)cc1)c1ccc(OC)cc1. The minimum Gasteiger partial charge on any atom is -0.497 e. The van der Waals surface area contributed by atoms with Gasteiger partial charge in [-0.3, -0.25) is 0 Å². The molecule has 0 aliphatic rings. The summed E-state index contributed by atoms with van der Waals surface area (Å²) in [5.41, 5.74) is 2.34. The topological polar surface area (TPSA) is 63.2 Å². The van der Waals surface area contributed by atoms with Gasteiger partial charge >= 0.3 is 6.16 Å². The molecule has 0 fully saturated rings. The van der Waals surface area contributed by atoms with Crippen molar-refractivity contribution in [3.05, 3.63) is 108 Å². The fourth-order valence-corrected chi connectivity index (χ4v) is 6.34. The van der Waals surface area contributed by atoms with E-state index in [2.05, 4.69) is 43.0 Å². The first-order chi connectivity index (χ1) is 20.1. The summed E-state index contributed by atoms with van der Waals surface area (Å²) in [5.74, 6) is 3.52. The van der Waals surface area contributed by atoms with Crippen molar-refractivity contribution in [1.82, 2.24) is 0 Å². The molecule has 0 unspecified atom stereocenters. The molecule has 0 radical (unpaired) electrons. The van der Waals surface area contributed by atoms with Crippen LogP contribution in [-0.4, -0.2) is 51.7 Å². The highest BCUT2D eigenvalue weighted by Crippen LogP contribution is 2.42. The van der Waals surface area contributed by atoms with Gasteiger partial charge < -0.3 is 23.7 Å². The van der Waals surface area contributed by atoms with Gasteiger partial charge in [0.2, 0.25) is 0 Å². The van der Waals surface area contributed by atoms with E-state index in [4.69, 9.17) is 23.7 Å². The molecule has 0 heterocycles. The lowest BCUT2D eigenvalue weighted by molar-refractivity contribution is 0.0233. The van der Waals surface area contributed by atoms with Crippen LogP contribution in [0.5, 0.6) is 11.5 Å². The predicted octanol–water partition coefficient (Wildman–Crippen LogP) is 8.29. The largest absolute Gasteiger partial charge is 0.508 e. The molecule has 220 valence electrons. The van der Waals surface area contributed by atoms with Crippen LogP contribution in [0, 0.1) is 0 Å². The Labute approximate surface area is 252 Å². The third kappa shape index (κ3) is 10.1. The molecule has 0 saturated carbocycles. The summed E-state index contributed by atoms with van der Waals surface area (Å²) < 4.78 is 27.5. The Morgan fingerprint density at radius 2 is 1.27 bits per heavy atom. The monoisotopic (exact) mass is 596 g/mol. The van der Waals surface area contributed by atoms with E-state index in [9.17, 15) is 4.79 Å². The van der Waals surface area contributed by atoms with Crippen LogP contribution in [0.2, 0.25) is 0 Å². The molecule has 0 saturated heterocycles. The zero-order valence-electron chi connectivity index (χ0n) is 23.9. The zero-order valence-corrected chi connectivity index (χ0v) is 25.6. The Bertz CT molecular complexity index is 1110. The van der Waals surface area contributed by atoms with Crippen LogP contribution in [0.4, 0.5) is 4.79 Å². The number of carbonyl (C=O) groups excluding carboxylic acids is 1. The van der Waals surface area contributed by atoms with E-state index >= 15 is 0 Å². The summed E-state index contributed by atoms with van der Waals surface area (Å²) in [6, 6.07) is 26.6. The van der Waals surface area contributed by atoms with Crippen molar-refractivity contribution in [2.75, 3.05) is 45.5 Å². The molecule has 0 aliphatic heterocycles. The third-order valence-corrected chi connectivity index (χ3v) is 8.86. The number of benzene rings is 3. The number of hydrogen-bond acceptors (Lipinski definition) is 8. The first kappa shape index (κ1) is 32.4. The minimum atomic E-state index is -0.787. The highest BCUT2D eigenvalue weighted by Gasteiger charge is 2.37. The Morgan fingerprint density at radius 1 is 0.707 bits per heavy atom. The van der Waals surface area contributed by atoms with Crippen LogP contribution in [0.1, 0.15) is 42.4 Å². The molecule has 8 heteroatoms. The number of carbonyl (C=O) groups is 1. The molecule has 0 amide bonds.